The monoisotopic (exact) mass is 475 g/mol. The summed E-state index contributed by atoms with van der Waals surface area (Å²) < 4.78 is 7.96. The Labute approximate surface area is 148 Å². The minimum absolute atomic E-state index is 0.109. The molecule has 3 N–H and O–H groups in total. The third kappa shape index (κ3) is 3.19. The van der Waals surface area contributed by atoms with Crippen LogP contribution in [0.3, 0.4) is 0 Å². The molecule has 1 aromatic heterocycles. The number of ether oxygens (including phenoxy) is 1. The summed E-state index contributed by atoms with van der Waals surface area (Å²) in [6.45, 7) is 0. The van der Waals surface area contributed by atoms with E-state index < -0.39 is 0 Å². The number of hydrogen-bond acceptors (Lipinski definition) is 4. The van der Waals surface area contributed by atoms with E-state index in [1.54, 1.807) is 6.20 Å². The molecule has 1 atom stereocenters. The number of aromatic nitrogens is 1. The van der Waals surface area contributed by atoms with Crippen LogP contribution in [-0.4, -0.2) is 15.9 Å². The number of hydrogen-bond donors (Lipinski definition) is 2. The van der Waals surface area contributed by atoms with E-state index in [0.29, 0.717) is 11.6 Å². The number of fused-ring (bicyclic) bond motifs is 2. The molecule has 0 amide bonds. The molecule has 0 fully saturated rings. The minimum Gasteiger partial charge on any atom is -0.438 e. The van der Waals surface area contributed by atoms with Gasteiger partial charge in [0.15, 0.2) is 5.17 Å². The second kappa shape index (κ2) is 6.13. The van der Waals surface area contributed by atoms with Crippen molar-refractivity contribution in [2.75, 3.05) is 5.75 Å². The molecule has 0 aliphatic carbocycles. The van der Waals surface area contributed by atoms with Crippen molar-refractivity contribution in [1.82, 2.24) is 4.98 Å². The lowest BCUT2D eigenvalue weighted by atomic mass is 9.91. The summed E-state index contributed by atoms with van der Waals surface area (Å²) in [6, 6.07) is 8.12. The van der Waals surface area contributed by atoms with E-state index in [-0.39, 0.29) is 11.1 Å². The van der Waals surface area contributed by atoms with Gasteiger partial charge in [-0.05, 0) is 62.8 Å². The van der Waals surface area contributed by atoms with Crippen LogP contribution in [0.2, 0.25) is 0 Å². The number of pyridine rings is 1. The molecule has 0 unspecified atom stereocenters. The zero-order chi connectivity index (χ0) is 15.0. The Kier molecular flexibility index (Phi) is 4.41. The number of amidine groups is 1. The third-order valence-corrected chi connectivity index (χ3v) is 5.10. The molecule has 2 aromatic rings. The zero-order valence-electron chi connectivity index (χ0n) is 10.8. The fourth-order valence-corrected chi connectivity index (χ4v) is 3.86. The molecule has 0 spiro atoms. The molecule has 0 saturated carbocycles. The van der Waals surface area contributed by atoms with Crippen molar-refractivity contribution in [3.63, 3.8) is 0 Å². The van der Waals surface area contributed by atoms with Gasteiger partial charge in [0.05, 0.1) is 0 Å². The van der Waals surface area contributed by atoms with Gasteiger partial charge in [0.2, 0.25) is 5.88 Å². The summed E-state index contributed by atoms with van der Waals surface area (Å²) in [7, 11) is 0. The molecule has 4 nitrogen and oxygen atoms in total. The second-order valence-electron chi connectivity index (χ2n) is 4.56. The summed E-state index contributed by atoms with van der Waals surface area (Å²) in [4.78, 5) is 4.35. The van der Waals surface area contributed by atoms with Gasteiger partial charge in [-0.25, -0.2) is 4.98 Å². The van der Waals surface area contributed by atoms with Crippen molar-refractivity contribution in [2.45, 2.75) is 5.92 Å². The van der Waals surface area contributed by atoms with Gasteiger partial charge in [-0.1, -0.05) is 11.8 Å². The molecular weight excluding hydrogens is 465 g/mol. The van der Waals surface area contributed by atoms with Gasteiger partial charge in [0.1, 0.15) is 5.75 Å². The maximum absolute atomic E-state index is 7.45. The predicted molar refractivity (Wildman–Crippen MR) is 97.4 cm³/mol. The fraction of sp³-hybridized carbons (Fsp3) is 0.143. The van der Waals surface area contributed by atoms with E-state index in [4.69, 9.17) is 15.9 Å². The highest BCUT2D eigenvalue weighted by Crippen LogP contribution is 2.45. The minimum atomic E-state index is 0.109. The highest BCUT2D eigenvalue weighted by molar-refractivity contribution is 14.1. The second-order valence-corrected chi connectivity index (χ2v) is 7.78. The molecule has 7 heteroatoms. The van der Waals surface area contributed by atoms with E-state index in [9.17, 15) is 0 Å². The topological polar surface area (TPSA) is 72.0 Å². The Bertz CT molecular complexity index is 674. The highest BCUT2D eigenvalue weighted by Gasteiger charge is 2.29. The van der Waals surface area contributed by atoms with Gasteiger partial charge in [-0.15, -0.1) is 0 Å². The SMILES string of the molecule is N=C(N)SC[C@@H]1c2cc(I)ccc2Oc2ncc(Br)cc21. The van der Waals surface area contributed by atoms with Crippen LogP contribution in [0.4, 0.5) is 0 Å². The van der Waals surface area contributed by atoms with Gasteiger partial charge < -0.3 is 10.5 Å². The lowest BCUT2D eigenvalue weighted by molar-refractivity contribution is 0.431. The van der Waals surface area contributed by atoms with Crippen LogP contribution in [0.25, 0.3) is 0 Å². The Balaban J connectivity index is 2.09. The average Bonchev–Trinajstić information content (AvgIpc) is 2.44. The number of nitrogens with one attached hydrogen (secondary N) is 1. The smallest absolute Gasteiger partial charge is 0.223 e. The lowest BCUT2D eigenvalue weighted by Gasteiger charge is -2.27. The first kappa shape index (κ1) is 15.1. The maximum atomic E-state index is 7.45. The van der Waals surface area contributed by atoms with Gasteiger partial charge in [0.25, 0.3) is 0 Å². The lowest BCUT2D eigenvalue weighted by Crippen LogP contribution is -2.16. The zero-order valence-corrected chi connectivity index (χ0v) is 15.3. The van der Waals surface area contributed by atoms with Crippen LogP contribution in [0.5, 0.6) is 11.6 Å². The van der Waals surface area contributed by atoms with Crippen molar-refractivity contribution >= 4 is 55.5 Å². The number of benzene rings is 1. The molecule has 1 aliphatic rings. The van der Waals surface area contributed by atoms with Gasteiger partial charge in [0, 0.05) is 37.0 Å². The van der Waals surface area contributed by atoms with E-state index in [1.807, 2.05) is 18.2 Å². The van der Waals surface area contributed by atoms with E-state index in [0.717, 1.165) is 24.9 Å². The Hall–Kier alpha value is -0.800. The van der Waals surface area contributed by atoms with Gasteiger partial charge >= 0.3 is 0 Å². The van der Waals surface area contributed by atoms with E-state index in [1.165, 1.54) is 11.8 Å². The first-order valence-electron chi connectivity index (χ1n) is 6.14. The summed E-state index contributed by atoms with van der Waals surface area (Å²) in [6.07, 6.45) is 1.73. The molecule has 3 rings (SSSR count). The van der Waals surface area contributed by atoms with Crippen LogP contribution in [0.1, 0.15) is 17.0 Å². The van der Waals surface area contributed by atoms with Crippen LogP contribution in [0.15, 0.2) is 34.9 Å². The number of halogens is 2. The number of nitrogens with two attached hydrogens (primary N) is 1. The molecule has 1 aliphatic heterocycles. The normalized spacial score (nSPS) is 15.8. The molecule has 2 heterocycles. The van der Waals surface area contributed by atoms with Crippen molar-refractivity contribution in [3.05, 3.63) is 49.6 Å². The third-order valence-electron chi connectivity index (χ3n) is 3.18. The largest absolute Gasteiger partial charge is 0.438 e. The summed E-state index contributed by atoms with van der Waals surface area (Å²) in [5.74, 6) is 2.25. The first-order chi connectivity index (χ1) is 10.0. The van der Waals surface area contributed by atoms with Crippen LogP contribution >= 0.6 is 50.3 Å². The fourth-order valence-electron chi connectivity index (χ4n) is 2.29. The van der Waals surface area contributed by atoms with Gasteiger partial charge in [-0.2, -0.15) is 0 Å². The number of nitrogens with zero attached hydrogens (tertiary/aromatic N) is 1. The van der Waals surface area contributed by atoms with E-state index in [2.05, 4.69) is 49.6 Å². The molecule has 21 heavy (non-hydrogen) atoms. The molecule has 0 radical (unpaired) electrons. The van der Waals surface area contributed by atoms with Crippen molar-refractivity contribution in [3.8, 4) is 11.6 Å². The first-order valence-corrected chi connectivity index (χ1v) is 9.00. The molecule has 0 saturated heterocycles. The van der Waals surface area contributed by atoms with Crippen LogP contribution < -0.4 is 10.5 Å². The summed E-state index contributed by atoms with van der Waals surface area (Å²) in [5, 5.41) is 7.57. The van der Waals surface area contributed by atoms with Crippen molar-refractivity contribution < 1.29 is 4.74 Å². The standard InChI is InChI=1S/C14H11BrIN3OS/c15-7-3-10-11(6-21-14(17)18)9-4-8(16)1-2-12(9)20-13(10)19-5-7/h1-5,11H,6H2,(H3,17,18)/t11-/m1/s1. The number of thioether (sulfide) groups is 1. The Morgan fingerprint density at radius 3 is 3.00 bits per heavy atom. The molecule has 1 aromatic carbocycles. The molecular formula is C14H11BrIN3OS. The van der Waals surface area contributed by atoms with Gasteiger partial charge in [-0.3, -0.25) is 5.41 Å². The average molecular weight is 476 g/mol. The quantitative estimate of drug-likeness (QED) is 0.385. The maximum Gasteiger partial charge on any atom is 0.223 e. The highest BCUT2D eigenvalue weighted by atomic mass is 127. The molecule has 0 bridgehead atoms. The Morgan fingerprint density at radius 2 is 2.24 bits per heavy atom. The van der Waals surface area contributed by atoms with E-state index >= 15 is 0 Å². The molecule has 108 valence electrons. The van der Waals surface area contributed by atoms with Crippen LogP contribution in [0, 0.1) is 8.98 Å². The number of rotatable bonds is 2. The van der Waals surface area contributed by atoms with Crippen molar-refractivity contribution in [1.29, 1.82) is 5.41 Å². The van der Waals surface area contributed by atoms with Crippen LogP contribution in [-0.2, 0) is 0 Å². The summed E-state index contributed by atoms with van der Waals surface area (Å²) in [5.41, 5.74) is 7.63. The predicted octanol–water partition coefficient (Wildman–Crippen LogP) is 4.31. The summed E-state index contributed by atoms with van der Waals surface area (Å²) >= 11 is 7.09. The Morgan fingerprint density at radius 1 is 1.43 bits per heavy atom. The van der Waals surface area contributed by atoms with Crippen molar-refractivity contribution in [2.24, 2.45) is 5.73 Å².